The van der Waals surface area contributed by atoms with Crippen LogP contribution in [0.2, 0.25) is 0 Å². The van der Waals surface area contributed by atoms with Crippen LogP contribution in [0.5, 0.6) is 0 Å². The Morgan fingerprint density at radius 2 is 2.21 bits per heavy atom. The lowest BCUT2D eigenvalue weighted by atomic mass is 10.1. The maximum absolute atomic E-state index is 5.64. The third-order valence-electron chi connectivity index (χ3n) is 3.71. The smallest absolute Gasteiger partial charge is 0.118 e. The Balaban J connectivity index is 1.74. The minimum atomic E-state index is 0.446. The zero-order valence-electron chi connectivity index (χ0n) is 12.2. The fourth-order valence-electron chi connectivity index (χ4n) is 2.53. The molecule has 1 aliphatic rings. The van der Waals surface area contributed by atoms with Crippen LogP contribution in [0, 0.1) is 0 Å². The van der Waals surface area contributed by atoms with Crippen LogP contribution in [0.15, 0.2) is 16.7 Å². The summed E-state index contributed by atoms with van der Waals surface area (Å²) in [6.45, 7) is 7.26. The van der Waals surface area contributed by atoms with E-state index in [1.165, 1.54) is 12.0 Å². The van der Waals surface area contributed by atoms with Gasteiger partial charge in [-0.1, -0.05) is 6.92 Å². The summed E-state index contributed by atoms with van der Waals surface area (Å²) >= 11 is 0. The van der Waals surface area contributed by atoms with Crippen LogP contribution >= 0.6 is 0 Å². The van der Waals surface area contributed by atoms with E-state index in [1.807, 2.05) is 13.4 Å². The van der Waals surface area contributed by atoms with Crippen LogP contribution in [-0.4, -0.2) is 37.7 Å². The second kappa shape index (κ2) is 7.68. The average Bonchev–Trinajstić information content (AvgIpc) is 2.88. The molecule has 19 heavy (non-hydrogen) atoms. The standard InChI is InChI=1S/C15H26N2O2/c1-3-6-16-10-13-9-15(19-12-13)11-17-7-4-14(18-2)5-8-17/h9,12,14,16H,3-8,10-11H2,1-2H3. The zero-order chi connectivity index (χ0) is 13.5. The van der Waals surface area contributed by atoms with E-state index >= 15 is 0 Å². The Morgan fingerprint density at radius 3 is 2.89 bits per heavy atom. The zero-order valence-corrected chi connectivity index (χ0v) is 12.2. The molecule has 2 rings (SSSR count). The molecular formula is C15H26N2O2. The van der Waals surface area contributed by atoms with E-state index in [9.17, 15) is 0 Å². The van der Waals surface area contributed by atoms with Crippen molar-refractivity contribution in [2.75, 3.05) is 26.7 Å². The minimum Gasteiger partial charge on any atom is -0.468 e. The van der Waals surface area contributed by atoms with Gasteiger partial charge < -0.3 is 14.5 Å². The molecule has 1 N–H and O–H groups in total. The van der Waals surface area contributed by atoms with Crippen LogP contribution in [0.4, 0.5) is 0 Å². The molecule has 0 saturated carbocycles. The highest BCUT2D eigenvalue weighted by Crippen LogP contribution is 2.17. The largest absolute Gasteiger partial charge is 0.468 e. The summed E-state index contributed by atoms with van der Waals surface area (Å²) in [6.07, 6.45) is 5.74. The first kappa shape index (κ1) is 14.6. The Bertz CT molecular complexity index is 357. The van der Waals surface area contributed by atoms with E-state index in [0.29, 0.717) is 6.10 Å². The van der Waals surface area contributed by atoms with Crippen molar-refractivity contribution in [2.45, 2.75) is 45.4 Å². The van der Waals surface area contributed by atoms with Gasteiger partial charge in [-0.25, -0.2) is 0 Å². The van der Waals surface area contributed by atoms with E-state index in [1.54, 1.807) is 0 Å². The molecule has 1 saturated heterocycles. The normalized spacial score (nSPS) is 18.0. The second-order valence-electron chi connectivity index (χ2n) is 5.31. The summed E-state index contributed by atoms with van der Waals surface area (Å²) in [7, 11) is 1.81. The van der Waals surface area contributed by atoms with Gasteiger partial charge in [0.15, 0.2) is 0 Å². The van der Waals surface area contributed by atoms with Crippen molar-refractivity contribution >= 4 is 0 Å². The third kappa shape index (κ3) is 4.64. The van der Waals surface area contributed by atoms with Crippen molar-refractivity contribution in [3.8, 4) is 0 Å². The minimum absolute atomic E-state index is 0.446. The number of nitrogens with one attached hydrogen (secondary N) is 1. The Kier molecular flexibility index (Phi) is 5.89. The van der Waals surface area contributed by atoms with Crippen molar-refractivity contribution in [3.63, 3.8) is 0 Å². The molecule has 0 unspecified atom stereocenters. The van der Waals surface area contributed by atoms with Crippen molar-refractivity contribution in [3.05, 3.63) is 23.7 Å². The number of nitrogens with zero attached hydrogens (tertiary/aromatic N) is 1. The fourth-order valence-corrected chi connectivity index (χ4v) is 2.53. The first-order valence-electron chi connectivity index (χ1n) is 7.34. The fraction of sp³-hybridized carbons (Fsp3) is 0.733. The van der Waals surface area contributed by atoms with Crippen molar-refractivity contribution in [2.24, 2.45) is 0 Å². The summed E-state index contributed by atoms with van der Waals surface area (Å²) in [6, 6.07) is 2.17. The van der Waals surface area contributed by atoms with E-state index in [0.717, 1.165) is 51.3 Å². The van der Waals surface area contributed by atoms with Gasteiger partial charge >= 0.3 is 0 Å². The number of piperidine rings is 1. The van der Waals surface area contributed by atoms with Gasteiger partial charge in [0.2, 0.25) is 0 Å². The lowest BCUT2D eigenvalue weighted by Gasteiger charge is -2.30. The molecule has 0 aliphatic carbocycles. The molecule has 0 bridgehead atoms. The number of ether oxygens (including phenoxy) is 1. The summed E-state index contributed by atoms with van der Waals surface area (Å²) < 4.78 is 11.0. The lowest BCUT2D eigenvalue weighted by Crippen LogP contribution is -2.36. The molecule has 0 spiro atoms. The third-order valence-corrected chi connectivity index (χ3v) is 3.71. The lowest BCUT2D eigenvalue weighted by molar-refractivity contribution is 0.0370. The number of methoxy groups -OCH3 is 1. The molecule has 1 aromatic heterocycles. The number of rotatable bonds is 7. The molecule has 0 aromatic carbocycles. The number of likely N-dealkylation sites (tertiary alicyclic amines) is 1. The Hall–Kier alpha value is -0.840. The number of hydrogen-bond donors (Lipinski definition) is 1. The monoisotopic (exact) mass is 266 g/mol. The van der Waals surface area contributed by atoms with Crippen molar-refractivity contribution < 1.29 is 9.15 Å². The maximum Gasteiger partial charge on any atom is 0.118 e. The molecule has 0 amide bonds. The molecule has 108 valence electrons. The van der Waals surface area contributed by atoms with Crippen LogP contribution in [0.1, 0.15) is 37.5 Å². The first-order chi connectivity index (χ1) is 9.31. The molecule has 1 aromatic rings. The van der Waals surface area contributed by atoms with Gasteiger partial charge in [0, 0.05) is 32.3 Å². The van der Waals surface area contributed by atoms with Gasteiger partial charge in [0.05, 0.1) is 18.9 Å². The van der Waals surface area contributed by atoms with Crippen LogP contribution in [0.3, 0.4) is 0 Å². The second-order valence-corrected chi connectivity index (χ2v) is 5.31. The van der Waals surface area contributed by atoms with Crippen molar-refractivity contribution in [1.29, 1.82) is 0 Å². The van der Waals surface area contributed by atoms with Gasteiger partial charge in [-0.2, -0.15) is 0 Å². The Labute approximate surface area is 116 Å². The van der Waals surface area contributed by atoms with Gasteiger partial charge in [0.25, 0.3) is 0 Å². The molecule has 1 aliphatic heterocycles. The maximum atomic E-state index is 5.64. The number of hydrogen-bond acceptors (Lipinski definition) is 4. The highest BCUT2D eigenvalue weighted by atomic mass is 16.5. The SMILES string of the molecule is CCCNCc1coc(CN2CCC(OC)CC2)c1. The summed E-state index contributed by atoms with van der Waals surface area (Å²) in [5.74, 6) is 1.07. The quantitative estimate of drug-likeness (QED) is 0.769. The highest BCUT2D eigenvalue weighted by molar-refractivity contribution is 5.12. The van der Waals surface area contributed by atoms with Gasteiger partial charge in [-0.05, 0) is 31.9 Å². The number of furan rings is 1. The van der Waals surface area contributed by atoms with Crippen LogP contribution < -0.4 is 5.32 Å². The van der Waals surface area contributed by atoms with E-state index < -0.39 is 0 Å². The molecule has 4 heteroatoms. The van der Waals surface area contributed by atoms with Crippen LogP contribution in [-0.2, 0) is 17.8 Å². The molecule has 4 nitrogen and oxygen atoms in total. The topological polar surface area (TPSA) is 37.6 Å². The van der Waals surface area contributed by atoms with Crippen LogP contribution in [0.25, 0.3) is 0 Å². The predicted molar refractivity (Wildman–Crippen MR) is 76.0 cm³/mol. The van der Waals surface area contributed by atoms with E-state index in [4.69, 9.17) is 9.15 Å². The summed E-state index contributed by atoms with van der Waals surface area (Å²) in [5, 5.41) is 3.39. The van der Waals surface area contributed by atoms with Gasteiger partial charge in [-0.15, -0.1) is 0 Å². The molecule has 0 atom stereocenters. The molecule has 1 fully saturated rings. The summed E-state index contributed by atoms with van der Waals surface area (Å²) in [5.41, 5.74) is 1.25. The van der Waals surface area contributed by atoms with Crippen molar-refractivity contribution in [1.82, 2.24) is 10.2 Å². The van der Waals surface area contributed by atoms with E-state index in [-0.39, 0.29) is 0 Å². The highest BCUT2D eigenvalue weighted by Gasteiger charge is 2.19. The first-order valence-corrected chi connectivity index (χ1v) is 7.34. The molecular weight excluding hydrogens is 240 g/mol. The summed E-state index contributed by atoms with van der Waals surface area (Å²) in [4.78, 5) is 2.44. The Morgan fingerprint density at radius 1 is 1.42 bits per heavy atom. The van der Waals surface area contributed by atoms with E-state index in [2.05, 4.69) is 23.2 Å². The molecule has 2 heterocycles. The van der Waals surface area contributed by atoms with Gasteiger partial charge in [-0.3, -0.25) is 4.90 Å². The average molecular weight is 266 g/mol. The molecule has 0 radical (unpaired) electrons. The van der Waals surface area contributed by atoms with Gasteiger partial charge in [0.1, 0.15) is 5.76 Å². The predicted octanol–water partition coefficient (Wildman–Crippen LogP) is 2.39.